The SMILES string of the molecule is C[C@H](NC(=O)[C@H](CC(N)=O)NC(=O)[C@H](CC(N)=O)NC(=O)[C@H](C)NC(=O)[C@@H](N)Cc1cnc[nH]1)C(=O)N[C@@H](Cc1cnc[nH]1)C(=O)N1CCC[C@H]1C(=O)N[C@@H](CCC(=O)O)C(=O)N1CCC[C@H]1C(=O)O. The van der Waals surface area contributed by atoms with E-state index in [4.69, 9.17) is 17.2 Å². The normalized spacial score (nSPS) is 18.4. The first kappa shape index (κ1) is 54.6. The Morgan fingerprint density at radius 1 is 0.629 bits per heavy atom. The Morgan fingerprint density at radius 3 is 1.59 bits per heavy atom. The van der Waals surface area contributed by atoms with Crippen LogP contribution in [0.3, 0.4) is 0 Å². The van der Waals surface area contributed by atoms with Crippen molar-refractivity contribution in [3.05, 3.63) is 36.4 Å². The molecule has 70 heavy (non-hydrogen) atoms. The van der Waals surface area contributed by atoms with Gasteiger partial charge >= 0.3 is 11.9 Å². The summed E-state index contributed by atoms with van der Waals surface area (Å²) in [6, 6.07) is -12.7. The van der Waals surface area contributed by atoms with Gasteiger partial charge in [-0.2, -0.15) is 0 Å². The Bertz CT molecular complexity index is 2260. The molecule has 16 N–H and O–H groups in total. The third kappa shape index (κ3) is 15.8. The van der Waals surface area contributed by atoms with Crippen LogP contribution >= 0.6 is 0 Å². The van der Waals surface area contributed by atoms with Crippen molar-refractivity contribution in [3.8, 4) is 0 Å². The first-order valence-electron chi connectivity index (χ1n) is 22.2. The second kappa shape index (κ2) is 25.4. The molecule has 0 unspecified atom stereocenters. The second-order valence-corrected chi connectivity index (χ2v) is 16.9. The van der Waals surface area contributed by atoms with Gasteiger partial charge in [-0.1, -0.05) is 0 Å². The molecule has 29 heteroatoms. The lowest BCUT2D eigenvalue weighted by atomic mass is 10.1. The number of nitrogens with one attached hydrogen (secondary N) is 8. The number of carboxylic acid groups (broad SMARTS) is 2. The molecular formula is C41H59N15O14. The van der Waals surface area contributed by atoms with Crippen molar-refractivity contribution in [2.75, 3.05) is 13.1 Å². The molecule has 4 rings (SSSR count). The Hall–Kier alpha value is -7.98. The summed E-state index contributed by atoms with van der Waals surface area (Å²) in [6.45, 7) is 2.56. The maximum atomic E-state index is 14.3. The maximum Gasteiger partial charge on any atom is 0.326 e. The third-order valence-electron chi connectivity index (χ3n) is 11.4. The second-order valence-electron chi connectivity index (χ2n) is 16.9. The fourth-order valence-corrected chi connectivity index (χ4v) is 7.78. The summed E-state index contributed by atoms with van der Waals surface area (Å²) in [5, 5.41) is 33.2. The first-order valence-corrected chi connectivity index (χ1v) is 22.2. The van der Waals surface area contributed by atoms with Gasteiger partial charge in [0.15, 0.2) is 0 Å². The zero-order valence-corrected chi connectivity index (χ0v) is 38.3. The lowest BCUT2D eigenvalue weighted by Gasteiger charge is -2.31. The molecule has 2 aromatic heterocycles. The van der Waals surface area contributed by atoms with Crippen molar-refractivity contribution < 1.29 is 67.7 Å². The number of likely N-dealkylation sites (tertiary alicyclic amines) is 2. The van der Waals surface area contributed by atoms with Gasteiger partial charge in [-0.25, -0.2) is 14.8 Å². The number of aromatic nitrogens is 4. The number of primary amides is 2. The van der Waals surface area contributed by atoms with Gasteiger partial charge in [-0.3, -0.25) is 52.7 Å². The number of aromatic amines is 2. The molecular weight excluding hydrogens is 927 g/mol. The van der Waals surface area contributed by atoms with Gasteiger partial charge in [0, 0.05) is 56.1 Å². The number of imidazole rings is 2. The molecule has 0 aliphatic carbocycles. The molecule has 2 aliphatic heterocycles. The van der Waals surface area contributed by atoms with Crippen molar-refractivity contribution >= 4 is 71.0 Å². The van der Waals surface area contributed by atoms with E-state index in [1.165, 1.54) is 43.8 Å². The van der Waals surface area contributed by atoms with Gasteiger partial charge in [0.2, 0.25) is 59.1 Å². The number of amides is 10. The Morgan fingerprint density at radius 2 is 1.09 bits per heavy atom. The summed E-state index contributed by atoms with van der Waals surface area (Å²) < 4.78 is 0. The average molecular weight is 986 g/mol. The minimum atomic E-state index is -1.80. The van der Waals surface area contributed by atoms with E-state index in [0.717, 1.165) is 4.90 Å². The van der Waals surface area contributed by atoms with Crippen molar-refractivity contribution in [1.82, 2.24) is 61.6 Å². The number of nitrogens with two attached hydrogens (primary N) is 3. The van der Waals surface area contributed by atoms with Gasteiger partial charge < -0.3 is 79.1 Å². The molecule has 10 amide bonds. The van der Waals surface area contributed by atoms with E-state index in [0.29, 0.717) is 24.2 Å². The number of hydrogen-bond donors (Lipinski definition) is 13. The highest BCUT2D eigenvalue weighted by molar-refractivity contribution is 6.00. The Balaban J connectivity index is 1.44. The van der Waals surface area contributed by atoms with Crippen molar-refractivity contribution in [1.29, 1.82) is 0 Å². The summed E-state index contributed by atoms with van der Waals surface area (Å²) in [5.74, 6) is -12.1. The third-order valence-corrected chi connectivity index (χ3v) is 11.4. The molecule has 0 aromatic carbocycles. The molecule has 0 spiro atoms. The number of carbonyl (C=O) groups excluding carboxylic acids is 10. The number of rotatable bonds is 26. The topological polar surface area (TPSA) is 459 Å². The first-order chi connectivity index (χ1) is 33.1. The summed E-state index contributed by atoms with van der Waals surface area (Å²) in [6.07, 6.45) is 3.73. The molecule has 0 saturated carbocycles. The van der Waals surface area contributed by atoms with Crippen LogP contribution in [0.4, 0.5) is 0 Å². The summed E-state index contributed by atoms with van der Waals surface area (Å²) in [7, 11) is 0. The van der Waals surface area contributed by atoms with Gasteiger partial charge in [0.1, 0.15) is 48.3 Å². The fourth-order valence-electron chi connectivity index (χ4n) is 7.78. The van der Waals surface area contributed by atoms with E-state index < -0.39 is 145 Å². The van der Waals surface area contributed by atoms with Crippen LogP contribution in [-0.4, -0.2) is 178 Å². The monoisotopic (exact) mass is 985 g/mol. The molecule has 4 heterocycles. The van der Waals surface area contributed by atoms with Crippen LogP contribution in [0.25, 0.3) is 0 Å². The van der Waals surface area contributed by atoms with Gasteiger partial charge in [-0.15, -0.1) is 0 Å². The highest BCUT2D eigenvalue weighted by Crippen LogP contribution is 2.23. The zero-order chi connectivity index (χ0) is 51.8. The summed E-state index contributed by atoms with van der Waals surface area (Å²) in [5.41, 5.74) is 17.5. The van der Waals surface area contributed by atoms with E-state index in [9.17, 15) is 67.7 Å². The predicted octanol–water partition coefficient (Wildman–Crippen LogP) is -6.12. The quantitative estimate of drug-likeness (QED) is 0.0417. The van der Waals surface area contributed by atoms with Crippen LogP contribution in [0.5, 0.6) is 0 Å². The maximum absolute atomic E-state index is 14.3. The molecule has 29 nitrogen and oxygen atoms in total. The van der Waals surface area contributed by atoms with E-state index in [2.05, 4.69) is 51.8 Å². The van der Waals surface area contributed by atoms with E-state index in [1.807, 2.05) is 0 Å². The number of aliphatic carboxylic acids is 2. The van der Waals surface area contributed by atoms with E-state index in [1.54, 1.807) is 0 Å². The molecule has 2 fully saturated rings. The molecule has 382 valence electrons. The van der Waals surface area contributed by atoms with Crippen molar-refractivity contribution in [3.63, 3.8) is 0 Å². The Labute approximate surface area is 398 Å². The number of carboxylic acids is 2. The largest absolute Gasteiger partial charge is 0.481 e. The lowest BCUT2D eigenvalue weighted by molar-refractivity contribution is -0.150. The van der Waals surface area contributed by atoms with E-state index >= 15 is 0 Å². The molecule has 0 radical (unpaired) electrons. The van der Waals surface area contributed by atoms with Crippen molar-refractivity contribution in [2.24, 2.45) is 17.2 Å². The average Bonchev–Trinajstić information content (AvgIpc) is 4.15. The van der Waals surface area contributed by atoms with Crippen LogP contribution in [0.2, 0.25) is 0 Å². The minimum absolute atomic E-state index is 0.0135. The van der Waals surface area contributed by atoms with Gasteiger partial charge in [-0.05, 0) is 46.0 Å². The van der Waals surface area contributed by atoms with Crippen LogP contribution in [-0.2, 0) is 70.4 Å². The number of H-pyrrole nitrogens is 2. The fraction of sp³-hybridized carbons (Fsp3) is 0.561. The molecule has 9 atom stereocenters. The van der Waals surface area contributed by atoms with Crippen LogP contribution in [0.15, 0.2) is 25.0 Å². The van der Waals surface area contributed by atoms with Crippen LogP contribution in [0, 0.1) is 0 Å². The number of carbonyl (C=O) groups is 12. The van der Waals surface area contributed by atoms with E-state index in [-0.39, 0.29) is 45.2 Å². The highest BCUT2D eigenvalue weighted by Gasteiger charge is 2.42. The zero-order valence-electron chi connectivity index (χ0n) is 38.3. The highest BCUT2D eigenvalue weighted by atomic mass is 16.4. The van der Waals surface area contributed by atoms with Crippen molar-refractivity contribution in [2.45, 2.75) is 132 Å². The van der Waals surface area contributed by atoms with Crippen LogP contribution < -0.4 is 49.1 Å². The molecule has 2 saturated heterocycles. The minimum Gasteiger partial charge on any atom is -0.481 e. The molecule has 2 aromatic rings. The van der Waals surface area contributed by atoms with Gasteiger partial charge in [0.05, 0.1) is 31.5 Å². The lowest BCUT2D eigenvalue weighted by Crippen LogP contribution is -2.60. The smallest absolute Gasteiger partial charge is 0.326 e. The molecule has 0 bridgehead atoms. The molecule has 2 aliphatic rings. The van der Waals surface area contributed by atoms with Gasteiger partial charge in [0.25, 0.3) is 0 Å². The standard InChI is InChI=1S/C41H59N15O14/c1-19(49-35(63)23(42)11-21-15-45-17-47-21)33(61)52-26(14-31(44)58)37(65)53-25(13-30(43)57)36(64)50-20(2)34(62)54-27(12-22-16-46-18-48-22)40(68)55-9-3-5-28(55)38(66)51-24(7-8-32(59)60)39(67)56-10-4-6-29(56)41(69)70/h15-20,23-29H,3-14,42H2,1-2H3,(H2,43,57)(H2,44,58)(H,45,47)(H,46,48)(H,49,63)(H,50,64)(H,51,66)(H,52,61)(H,53,65)(H,54,62)(H,59,60)(H,69,70)/t19-,20-,23-,24-,25-,26-,27-,28-,29-/m0/s1. The number of nitrogens with zero attached hydrogens (tertiary/aromatic N) is 4. The summed E-state index contributed by atoms with van der Waals surface area (Å²) >= 11 is 0. The van der Waals surface area contributed by atoms with Crippen LogP contribution in [0.1, 0.15) is 76.6 Å². The predicted molar refractivity (Wildman–Crippen MR) is 237 cm³/mol. The number of hydrogen-bond acceptors (Lipinski definition) is 15. The Kier molecular flexibility index (Phi) is 19.8. The summed E-state index contributed by atoms with van der Waals surface area (Å²) in [4.78, 5) is 171.